The van der Waals surface area contributed by atoms with Gasteiger partial charge in [-0.2, -0.15) is 0 Å². The van der Waals surface area contributed by atoms with Crippen LogP contribution in [0.4, 0.5) is 5.69 Å². The number of rotatable bonds is 10. The van der Waals surface area contributed by atoms with Crippen LogP contribution in [0.3, 0.4) is 0 Å². The van der Waals surface area contributed by atoms with Crippen molar-refractivity contribution in [3.8, 4) is 11.5 Å². The second-order valence-electron chi connectivity index (χ2n) is 22.7. The molecule has 5 aliphatic rings. The number of ether oxygens (including phenoxy) is 7. The number of esters is 1. The summed E-state index contributed by atoms with van der Waals surface area (Å²) >= 11 is 0. The lowest BCUT2D eigenvalue weighted by Crippen LogP contribution is -2.62. The maximum atomic E-state index is 14.8. The Labute approximate surface area is 458 Å². The monoisotopic (exact) mass is 1090 g/mol. The molecule has 1 aromatic carbocycles. The van der Waals surface area contributed by atoms with Gasteiger partial charge in [0.05, 0.1) is 43.5 Å². The van der Waals surface area contributed by atoms with Gasteiger partial charge in [-0.25, -0.2) is 4.79 Å². The van der Waals surface area contributed by atoms with Crippen LogP contribution in [0.5, 0.6) is 11.5 Å². The van der Waals surface area contributed by atoms with E-state index in [9.17, 15) is 49.4 Å². The van der Waals surface area contributed by atoms with Crippen molar-refractivity contribution in [3.63, 3.8) is 0 Å². The first kappa shape index (κ1) is 62.1. The highest BCUT2D eigenvalue weighted by Gasteiger charge is 2.67. The fraction of sp³-hybridized carbons (Fsp3) is 0.678. The van der Waals surface area contributed by atoms with Gasteiger partial charge >= 0.3 is 5.97 Å². The smallest absolute Gasteiger partial charge is 0.329 e. The van der Waals surface area contributed by atoms with E-state index < -0.39 is 100 Å². The van der Waals surface area contributed by atoms with Gasteiger partial charge < -0.3 is 53.4 Å². The van der Waals surface area contributed by atoms with Crippen LogP contribution in [-0.2, 0) is 54.1 Å². The summed E-state index contributed by atoms with van der Waals surface area (Å²) < 4.78 is 41.5. The van der Waals surface area contributed by atoms with Crippen LogP contribution >= 0.6 is 0 Å². The van der Waals surface area contributed by atoms with Crippen LogP contribution in [0.2, 0.25) is 0 Å². The highest BCUT2D eigenvalue weighted by molar-refractivity contribution is 6.39. The van der Waals surface area contributed by atoms with E-state index in [4.69, 9.17) is 33.2 Å². The molecular formula is C59H84N2O17. The topological polar surface area (TPSA) is 260 Å². The fourth-order valence-electron chi connectivity index (χ4n) is 12.2. The molecule has 0 unspecified atom stereocenters. The van der Waals surface area contributed by atoms with Crippen LogP contribution in [0.15, 0.2) is 59.7 Å². The Morgan fingerprint density at radius 2 is 1.56 bits per heavy atom. The molecule has 19 heteroatoms. The van der Waals surface area contributed by atoms with E-state index in [0.717, 1.165) is 4.90 Å². The molecule has 4 aliphatic heterocycles. The fourth-order valence-corrected chi connectivity index (χ4v) is 12.2. The quantitative estimate of drug-likeness (QED) is 0.0528. The van der Waals surface area contributed by atoms with Crippen LogP contribution in [0, 0.1) is 45.6 Å². The molecule has 19 nitrogen and oxygen atoms in total. The summed E-state index contributed by atoms with van der Waals surface area (Å²) in [6.45, 7) is 12.3. The predicted octanol–water partition coefficient (Wildman–Crippen LogP) is 7.08. The minimum atomic E-state index is -2.71. The Kier molecular flexibility index (Phi) is 21.4. The summed E-state index contributed by atoms with van der Waals surface area (Å²) in [5.74, 6) is -8.90. The van der Waals surface area contributed by atoms with Crippen LogP contribution in [-0.4, -0.2) is 150 Å². The zero-order chi connectivity index (χ0) is 57.4. The number of allylic oxidation sites excluding steroid dienone is 6. The van der Waals surface area contributed by atoms with E-state index in [1.54, 1.807) is 53.0 Å². The Morgan fingerprint density at radius 1 is 0.859 bits per heavy atom. The van der Waals surface area contributed by atoms with Crippen molar-refractivity contribution < 1.29 is 77.4 Å². The van der Waals surface area contributed by atoms with Gasteiger partial charge in [0.2, 0.25) is 5.79 Å². The van der Waals surface area contributed by atoms with Crippen LogP contribution in [0.1, 0.15) is 125 Å². The summed E-state index contributed by atoms with van der Waals surface area (Å²) in [5, 5.41) is 47.2. The van der Waals surface area contributed by atoms with Gasteiger partial charge in [0.1, 0.15) is 41.8 Å². The van der Waals surface area contributed by atoms with Gasteiger partial charge in [-0.15, -0.1) is 0 Å². The Bertz CT molecular complexity index is 2470. The molecule has 3 N–H and O–H groups in total. The van der Waals surface area contributed by atoms with Gasteiger partial charge in [0.15, 0.2) is 17.3 Å². The first-order chi connectivity index (χ1) is 36.9. The number of benzene rings is 1. The van der Waals surface area contributed by atoms with Crippen LogP contribution < -0.4 is 9.47 Å². The third kappa shape index (κ3) is 14.1. The van der Waals surface area contributed by atoms with Crippen molar-refractivity contribution in [3.05, 3.63) is 75.4 Å². The van der Waals surface area contributed by atoms with E-state index in [1.807, 2.05) is 39.0 Å². The SMILES string of the molecule is COc1cc(C[C@]23O[C@@H]2/C(C)=C/C=C/C=C/[C@@H](C)C[C@@H](C)C(=O)[C@H](OC)[C@H](O)/C(C)=C/[C@@H](C)C(=O)C[C@@H]([C@H](C)C[C@@H]2CC[C@@H](O)[C@H](OC)C2)OC(=O)[C@@H]2CCCCN2C(=O)C(=O)[C@]2(O)O[C@H]3CC[C@H]2C)c([N+](=O)[O-])cc1OC. The average molecular weight is 1090 g/mol. The van der Waals surface area contributed by atoms with Crippen LogP contribution in [0.25, 0.3) is 0 Å². The summed E-state index contributed by atoms with van der Waals surface area (Å²) in [6.07, 6.45) is 8.16. The second kappa shape index (κ2) is 26.9. The average Bonchev–Trinajstić information content (AvgIpc) is 4.33. The molecule has 3 saturated heterocycles. The predicted molar refractivity (Wildman–Crippen MR) is 287 cm³/mol. The number of piperidine rings is 1. The summed E-state index contributed by atoms with van der Waals surface area (Å²) in [7, 11) is 5.67. The number of hydrogen-bond acceptors (Lipinski definition) is 17. The second-order valence-corrected chi connectivity index (χ2v) is 22.7. The Morgan fingerprint density at radius 3 is 2.23 bits per heavy atom. The van der Waals surface area contributed by atoms with Crippen molar-refractivity contribution in [2.75, 3.05) is 35.0 Å². The number of hydrogen-bond donors (Lipinski definition) is 3. The maximum Gasteiger partial charge on any atom is 0.329 e. The van der Waals surface area contributed by atoms with Crippen molar-refractivity contribution in [1.29, 1.82) is 0 Å². The number of nitrogens with zero attached hydrogens (tertiary/aromatic N) is 2. The molecule has 1 amide bonds. The Hall–Kier alpha value is -5.15. The number of carbonyl (C=O) groups excluding carboxylic acids is 5. The molecule has 1 aliphatic carbocycles. The number of epoxide rings is 1. The molecule has 2 bridgehead atoms. The van der Waals surface area contributed by atoms with E-state index in [-0.39, 0.29) is 90.9 Å². The summed E-state index contributed by atoms with van der Waals surface area (Å²) in [5.41, 5.74) is -0.439. The number of nitro benzene ring substituents is 1. The minimum absolute atomic E-state index is 0.0168. The number of methoxy groups -OCH3 is 4. The molecule has 1 aromatic rings. The number of fused-ring (bicyclic) bond motifs is 5. The molecule has 78 heavy (non-hydrogen) atoms. The van der Waals surface area contributed by atoms with Gasteiger partial charge in [0, 0.05) is 56.9 Å². The highest BCUT2D eigenvalue weighted by Crippen LogP contribution is 2.54. The van der Waals surface area contributed by atoms with Crippen molar-refractivity contribution in [1.82, 2.24) is 4.90 Å². The molecule has 4 heterocycles. The summed E-state index contributed by atoms with van der Waals surface area (Å²) in [6, 6.07) is 1.48. The van der Waals surface area contributed by atoms with Gasteiger partial charge in [-0.05, 0) is 113 Å². The van der Waals surface area contributed by atoms with Crippen molar-refractivity contribution in [2.24, 2.45) is 35.5 Å². The van der Waals surface area contributed by atoms with E-state index >= 15 is 0 Å². The molecule has 432 valence electrons. The maximum absolute atomic E-state index is 14.8. The number of aliphatic hydroxyl groups excluding tert-OH is 2. The van der Waals surface area contributed by atoms with Gasteiger partial charge in [-0.3, -0.25) is 29.3 Å². The molecule has 0 spiro atoms. The number of aliphatic hydroxyl groups is 3. The minimum Gasteiger partial charge on any atom is -0.493 e. The van der Waals surface area contributed by atoms with E-state index in [2.05, 4.69) is 0 Å². The molecular weight excluding hydrogens is 1010 g/mol. The third-order valence-electron chi connectivity index (χ3n) is 17.1. The molecule has 0 aromatic heterocycles. The van der Waals surface area contributed by atoms with E-state index in [0.29, 0.717) is 56.1 Å². The highest BCUT2D eigenvalue weighted by atomic mass is 16.7. The number of amides is 1. The van der Waals surface area contributed by atoms with Gasteiger partial charge in [0.25, 0.3) is 17.4 Å². The third-order valence-corrected chi connectivity index (χ3v) is 17.1. The number of carbonyl (C=O) groups is 5. The lowest BCUT2D eigenvalue weighted by Gasteiger charge is -2.43. The first-order valence-electron chi connectivity index (χ1n) is 27.7. The van der Waals surface area contributed by atoms with E-state index in [1.165, 1.54) is 33.5 Å². The van der Waals surface area contributed by atoms with Crippen molar-refractivity contribution in [2.45, 2.75) is 186 Å². The standard InChI is InChI=1S/C59H84N2O17/c1-33-17-13-12-14-18-34(2)55-58(78-55,32-41-29-48(73-9)49(74-10)30-43(41)61(70)71)50-23-20-39(7)59(69,77-50)54(66)56(67)60-24-16-15-19-42(60)57(68)76-46(36(4)27-40-21-22-44(62)47(28-40)72-8)31-45(63)35(3)26-38(6)52(65)53(75-11)51(64)37(5)25-33/h12-14,17-18,26,29-30,33,35-37,39-40,42,44,46-47,50,52-53,55,62,65,69H,15-16,19-25,27-28,31-32H2,1-11H3/b14-12+,17-13+,34-18+,38-26+/t33-,35-,36-,37-,39-,40+,42+,44-,46+,47-,50+,52-,53+,55-,58-,59-/m1/s1. The molecule has 1 saturated carbocycles. The number of Topliss-reactive ketones (excluding diaryl/α,β-unsaturated/α-hetero) is 3. The molecule has 4 fully saturated rings. The Balaban J connectivity index is 1.39. The lowest BCUT2D eigenvalue weighted by molar-refractivity contribution is -0.385. The first-order valence-corrected chi connectivity index (χ1v) is 27.7. The van der Waals surface area contributed by atoms with Gasteiger partial charge in [-0.1, -0.05) is 71.1 Å². The largest absolute Gasteiger partial charge is 0.493 e. The number of nitro groups is 1. The summed E-state index contributed by atoms with van der Waals surface area (Å²) in [4.78, 5) is 85.5. The molecule has 6 rings (SSSR count). The normalized spacial score (nSPS) is 37.8. The zero-order valence-electron chi connectivity index (χ0n) is 47.3. The zero-order valence-corrected chi connectivity index (χ0v) is 47.3. The number of cyclic esters (lactones) is 1. The molecule has 16 atom stereocenters. The lowest BCUT2D eigenvalue weighted by atomic mass is 9.78. The van der Waals surface area contributed by atoms with Crippen molar-refractivity contribution >= 4 is 34.9 Å². The molecule has 0 radical (unpaired) electrons. The number of ketones is 3.